The molecule has 0 aromatic carbocycles. The Morgan fingerprint density at radius 2 is 2.14 bits per heavy atom. The quantitative estimate of drug-likeness (QED) is 0.616. The maximum absolute atomic E-state index is 11.8. The summed E-state index contributed by atoms with van der Waals surface area (Å²) in [7, 11) is 0. The summed E-state index contributed by atoms with van der Waals surface area (Å²) in [6.45, 7) is 9.06. The van der Waals surface area contributed by atoms with Crippen molar-refractivity contribution in [2.45, 2.75) is 52.4 Å². The first kappa shape index (κ1) is 13.3. The molecule has 0 saturated carbocycles. The minimum atomic E-state index is 0.0796. The highest BCUT2D eigenvalue weighted by Crippen LogP contribution is 2.58. The molecule has 4 rings (SSSR count). The average molecular weight is 280 g/mol. The predicted octanol–water partition coefficient (Wildman–Crippen LogP) is 4.91. The Morgan fingerprint density at radius 3 is 2.95 bits per heavy atom. The topological polar surface area (TPSA) is 17.1 Å². The highest BCUT2D eigenvalue weighted by atomic mass is 16.1. The number of rotatable bonds is 0. The van der Waals surface area contributed by atoms with Gasteiger partial charge in [0.05, 0.1) is 0 Å². The summed E-state index contributed by atoms with van der Waals surface area (Å²) in [6.07, 6.45) is 10.8. The number of ketones is 1. The molecule has 0 bridgehead atoms. The van der Waals surface area contributed by atoms with E-state index in [2.05, 4.69) is 26.5 Å². The molecular weight excluding hydrogens is 256 g/mol. The molecule has 0 N–H and O–H groups in total. The molecule has 1 heteroatoms. The summed E-state index contributed by atoms with van der Waals surface area (Å²) in [4.78, 5) is 11.8. The summed E-state index contributed by atoms with van der Waals surface area (Å²) in [5, 5.41) is 0. The van der Waals surface area contributed by atoms with Gasteiger partial charge < -0.3 is 0 Å². The Labute approximate surface area is 127 Å². The maximum atomic E-state index is 11.8. The van der Waals surface area contributed by atoms with E-state index < -0.39 is 0 Å². The van der Waals surface area contributed by atoms with Crippen LogP contribution in [0.5, 0.6) is 0 Å². The van der Waals surface area contributed by atoms with Crippen molar-refractivity contribution >= 4 is 5.78 Å². The molecule has 4 aliphatic carbocycles. The summed E-state index contributed by atoms with van der Waals surface area (Å²) < 4.78 is 0. The van der Waals surface area contributed by atoms with Crippen molar-refractivity contribution in [1.82, 2.24) is 0 Å². The van der Waals surface area contributed by atoms with Gasteiger partial charge in [-0.3, -0.25) is 4.79 Å². The third kappa shape index (κ3) is 1.73. The van der Waals surface area contributed by atoms with Gasteiger partial charge in [0, 0.05) is 11.8 Å². The third-order valence-corrected chi connectivity index (χ3v) is 6.42. The lowest BCUT2D eigenvalue weighted by Gasteiger charge is -2.47. The molecule has 4 aliphatic rings. The molecule has 0 radical (unpaired) electrons. The van der Waals surface area contributed by atoms with Gasteiger partial charge in [0.1, 0.15) is 0 Å². The van der Waals surface area contributed by atoms with Gasteiger partial charge in [0.15, 0.2) is 5.78 Å². The van der Waals surface area contributed by atoms with Crippen LogP contribution < -0.4 is 0 Å². The highest BCUT2D eigenvalue weighted by Gasteiger charge is 2.46. The first-order valence-electron chi connectivity index (χ1n) is 8.37. The van der Waals surface area contributed by atoms with E-state index >= 15 is 0 Å². The highest BCUT2D eigenvalue weighted by molar-refractivity contribution is 5.93. The maximum Gasteiger partial charge on any atom is 0.156 e. The van der Waals surface area contributed by atoms with Crippen molar-refractivity contribution in [2.75, 3.05) is 0 Å². The van der Waals surface area contributed by atoms with E-state index in [1.807, 2.05) is 6.08 Å². The zero-order chi connectivity index (χ0) is 14.8. The Balaban J connectivity index is 1.87. The molecule has 110 valence electrons. The number of fused-ring (bicyclic) bond motifs is 4. The molecule has 0 aliphatic heterocycles. The normalized spacial score (nSPS) is 38.6. The van der Waals surface area contributed by atoms with E-state index in [9.17, 15) is 4.79 Å². The van der Waals surface area contributed by atoms with Crippen molar-refractivity contribution < 1.29 is 4.79 Å². The third-order valence-electron chi connectivity index (χ3n) is 6.42. The van der Waals surface area contributed by atoms with Crippen LogP contribution in [0.15, 0.2) is 46.6 Å². The second kappa shape index (κ2) is 4.32. The first-order chi connectivity index (χ1) is 10.0. The number of carbonyl (C=O) groups is 1. The van der Waals surface area contributed by atoms with Crippen LogP contribution in [0.4, 0.5) is 0 Å². The Morgan fingerprint density at radius 1 is 1.33 bits per heavy atom. The average Bonchev–Trinajstić information content (AvgIpc) is 2.83. The molecule has 0 amide bonds. The van der Waals surface area contributed by atoms with Gasteiger partial charge in [-0.25, -0.2) is 0 Å². The Bertz CT molecular complexity index is 643. The lowest BCUT2D eigenvalue weighted by Crippen LogP contribution is -2.35. The van der Waals surface area contributed by atoms with Gasteiger partial charge in [-0.15, -0.1) is 0 Å². The molecule has 0 aromatic rings. The fourth-order valence-corrected chi connectivity index (χ4v) is 5.18. The second-order valence-corrected chi connectivity index (χ2v) is 7.61. The zero-order valence-electron chi connectivity index (χ0n) is 13.2. The van der Waals surface area contributed by atoms with Gasteiger partial charge in [0.25, 0.3) is 0 Å². The van der Waals surface area contributed by atoms with Crippen LogP contribution in [0.3, 0.4) is 0 Å². The fraction of sp³-hybridized carbons (Fsp3) is 0.550. The molecule has 0 saturated heterocycles. The molecule has 1 nitrogen and oxygen atoms in total. The summed E-state index contributed by atoms with van der Waals surface area (Å²) >= 11 is 0. The molecule has 21 heavy (non-hydrogen) atoms. The molecular formula is C20H24O. The number of hydrogen-bond acceptors (Lipinski definition) is 1. The lowest BCUT2D eigenvalue weighted by atomic mass is 9.57. The molecule has 0 aromatic heterocycles. The van der Waals surface area contributed by atoms with Crippen molar-refractivity contribution in [3.8, 4) is 0 Å². The van der Waals surface area contributed by atoms with Gasteiger partial charge in [-0.05, 0) is 72.3 Å². The van der Waals surface area contributed by atoms with Crippen LogP contribution in [0.25, 0.3) is 0 Å². The van der Waals surface area contributed by atoms with Gasteiger partial charge in [0.2, 0.25) is 0 Å². The van der Waals surface area contributed by atoms with Crippen LogP contribution in [0, 0.1) is 17.3 Å². The Hall–Kier alpha value is -1.37. The minimum absolute atomic E-state index is 0.0796. The largest absolute Gasteiger partial charge is 0.295 e. The standard InChI is InChI=1S/C20H24O/c1-12-4-5-16-15(12)6-7-18-17(16)10-13(2)19-11-14(21)8-9-20(18,19)3/h5,11-12,15H,2,4,6-10H2,1,3H3. The fourth-order valence-electron chi connectivity index (χ4n) is 5.18. The summed E-state index contributed by atoms with van der Waals surface area (Å²) in [6, 6.07) is 0. The van der Waals surface area contributed by atoms with E-state index in [0.717, 1.165) is 24.7 Å². The smallest absolute Gasteiger partial charge is 0.156 e. The predicted molar refractivity (Wildman–Crippen MR) is 85.8 cm³/mol. The van der Waals surface area contributed by atoms with Gasteiger partial charge in [-0.1, -0.05) is 32.1 Å². The van der Waals surface area contributed by atoms with Crippen LogP contribution in [-0.4, -0.2) is 5.78 Å². The number of allylic oxidation sites excluding steroid dienone is 7. The molecule has 0 heterocycles. The molecule has 0 fully saturated rings. The first-order valence-corrected chi connectivity index (χ1v) is 8.37. The van der Waals surface area contributed by atoms with Crippen LogP contribution in [0.1, 0.15) is 52.4 Å². The summed E-state index contributed by atoms with van der Waals surface area (Å²) in [5.74, 6) is 1.87. The molecule has 0 spiro atoms. The van der Waals surface area contributed by atoms with E-state index in [0.29, 0.717) is 6.42 Å². The summed E-state index contributed by atoms with van der Waals surface area (Å²) in [5.41, 5.74) is 7.35. The van der Waals surface area contributed by atoms with E-state index in [1.54, 1.807) is 16.7 Å². The van der Waals surface area contributed by atoms with Crippen LogP contribution >= 0.6 is 0 Å². The Kier molecular flexibility index (Phi) is 2.73. The van der Waals surface area contributed by atoms with E-state index in [1.165, 1.54) is 30.4 Å². The van der Waals surface area contributed by atoms with Crippen LogP contribution in [-0.2, 0) is 4.79 Å². The second-order valence-electron chi connectivity index (χ2n) is 7.61. The minimum Gasteiger partial charge on any atom is -0.295 e. The van der Waals surface area contributed by atoms with Crippen LogP contribution in [0.2, 0.25) is 0 Å². The SMILES string of the molecule is C=C1CC2=C(CCC3C2=CCC3C)C2(C)CCC(=O)C=C12. The van der Waals surface area contributed by atoms with E-state index in [-0.39, 0.29) is 11.2 Å². The monoisotopic (exact) mass is 280 g/mol. The van der Waals surface area contributed by atoms with Crippen molar-refractivity contribution in [3.63, 3.8) is 0 Å². The van der Waals surface area contributed by atoms with Crippen molar-refractivity contribution in [1.29, 1.82) is 0 Å². The lowest BCUT2D eigenvalue weighted by molar-refractivity contribution is -0.115. The van der Waals surface area contributed by atoms with Crippen molar-refractivity contribution in [2.24, 2.45) is 17.3 Å². The van der Waals surface area contributed by atoms with Gasteiger partial charge in [-0.2, -0.15) is 0 Å². The van der Waals surface area contributed by atoms with Gasteiger partial charge >= 0.3 is 0 Å². The van der Waals surface area contributed by atoms with Crippen molar-refractivity contribution in [3.05, 3.63) is 46.6 Å². The number of carbonyl (C=O) groups excluding carboxylic acids is 1. The molecule has 3 unspecified atom stereocenters. The zero-order valence-corrected chi connectivity index (χ0v) is 13.2. The van der Waals surface area contributed by atoms with E-state index in [4.69, 9.17) is 0 Å². The molecule has 3 atom stereocenters. The number of hydrogen-bond donors (Lipinski definition) is 0.